The lowest BCUT2D eigenvalue weighted by Gasteiger charge is -2.38. The van der Waals surface area contributed by atoms with Crippen LogP contribution in [0.25, 0.3) is 0 Å². The second-order valence-electron chi connectivity index (χ2n) is 6.59. The number of piperidine rings is 1. The molecule has 1 aliphatic heterocycles. The summed E-state index contributed by atoms with van der Waals surface area (Å²) in [5.74, 6) is -0.658. The van der Waals surface area contributed by atoms with Crippen LogP contribution in [0.1, 0.15) is 49.7 Å². The van der Waals surface area contributed by atoms with Crippen molar-refractivity contribution in [1.29, 1.82) is 0 Å². The molecule has 0 spiro atoms. The molecule has 1 aromatic rings. The minimum atomic E-state index is -0.658. The maximum atomic E-state index is 11.5. The fourth-order valence-corrected chi connectivity index (χ4v) is 3.62. The van der Waals surface area contributed by atoms with E-state index < -0.39 is 11.4 Å². The highest BCUT2D eigenvalue weighted by Crippen LogP contribution is 2.43. The van der Waals surface area contributed by atoms with Crippen LogP contribution < -0.4 is 0 Å². The SMILES string of the molecule is O=C(O)C1(c2ccc(CCN3CCCCC3)cc2)CCC1. The number of nitrogens with zero attached hydrogens (tertiary/aromatic N) is 1. The molecule has 1 N–H and O–H groups in total. The summed E-state index contributed by atoms with van der Waals surface area (Å²) in [6.45, 7) is 3.60. The highest BCUT2D eigenvalue weighted by Gasteiger charge is 2.45. The third-order valence-corrected chi connectivity index (χ3v) is 5.29. The van der Waals surface area contributed by atoms with Gasteiger partial charge in [0.1, 0.15) is 0 Å². The Labute approximate surface area is 127 Å². The van der Waals surface area contributed by atoms with E-state index in [0.717, 1.165) is 37.8 Å². The van der Waals surface area contributed by atoms with Crippen molar-refractivity contribution >= 4 is 5.97 Å². The van der Waals surface area contributed by atoms with Gasteiger partial charge in [-0.2, -0.15) is 0 Å². The van der Waals surface area contributed by atoms with E-state index in [9.17, 15) is 9.90 Å². The monoisotopic (exact) mass is 287 g/mol. The molecule has 1 heterocycles. The summed E-state index contributed by atoms with van der Waals surface area (Å²) in [5, 5.41) is 9.47. The maximum Gasteiger partial charge on any atom is 0.314 e. The van der Waals surface area contributed by atoms with E-state index in [1.165, 1.54) is 37.9 Å². The number of aliphatic carboxylic acids is 1. The summed E-state index contributed by atoms with van der Waals surface area (Å²) in [7, 11) is 0. The van der Waals surface area contributed by atoms with E-state index in [2.05, 4.69) is 17.0 Å². The molecule has 1 saturated carbocycles. The fourth-order valence-electron chi connectivity index (χ4n) is 3.62. The third-order valence-electron chi connectivity index (χ3n) is 5.29. The van der Waals surface area contributed by atoms with Crippen LogP contribution in [0.5, 0.6) is 0 Å². The van der Waals surface area contributed by atoms with E-state index >= 15 is 0 Å². The van der Waals surface area contributed by atoms with Gasteiger partial charge in [-0.1, -0.05) is 37.1 Å². The number of benzene rings is 1. The average molecular weight is 287 g/mol. The van der Waals surface area contributed by atoms with Crippen molar-refractivity contribution < 1.29 is 9.90 Å². The van der Waals surface area contributed by atoms with Crippen molar-refractivity contribution in [2.45, 2.75) is 50.4 Å². The molecule has 3 rings (SSSR count). The predicted octanol–water partition coefficient (Wildman–Crippen LogP) is 3.22. The molecule has 0 radical (unpaired) electrons. The van der Waals surface area contributed by atoms with Gasteiger partial charge >= 0.3 is 5.97 Å². The quantitative estimate of drug-likeness (QED) is 0.904. The second-order valence-corrected chi connectivity index (χ2v) is 6.59. The van der Waals surface area contributed by atoms with E-state index in [1.54, 1.807) is 0 Å². The highest BCUT2D eigenvalue weighted by atomic mass is 16.4. The molecule has 0 bridgehead atoms. The van der Waals surface area contributed by atoms with E-state index in [-0.39, 0.29) is 0 Å². The molecule has 2 aliphatic rings. The average Bonchev–Trinajstić information content (AvgIpc) is 2.46. The molecule has 2 fully saturated rings. The minimum absolute atomic E-state index is 0.592. The van der Waals surface area contributed by atoms with Crippen LogP contribution in [0.3, 0.4) is 0 Å². The van der Waals surface area contributed by atoms with Gasteiger partial charge in [0.2, 0.25) is 0 Å². The van der Waals surface area contributed by atoms with Crippen LogP contribution >= 0.6 is 0 Å². The number of hydrogen-bond donors (Lipinski definition) is 1. The molecule has 3 heteroatoms. The molecule has 0 atom stereocenters. The summed E-state index contributed by atoms with van der Waals surface area (Å²) >= 11 is 0. The predicted molar refractivity (Wildman–Crippen MR) is 83.6 cm³/mol. The first kappa shape index (κ1) is 14.6. The van der Waals surface area contributed by atoms with Gasteiger partial charge in [0.15, 0.2) is 0 Å². The summed E-state index contributed by atoms with van der Waals surface area (Å²) in [6.07, 6.45) is 7.72. The topological polar surface area (TPSA) is 40.5 Å². The first-order valence-corrected chi connectivity index (χ1v) is 8.26. The van der Waals surface area contributed by atoms with Gasteiger partial charge in [0.05, 0.1) is 5.41 Å². The van der Waals surface area contributed by atoms with Crippen molar-refractivity contribution in [2.75, 3.05) is 19.6 Å². The molecular weight excluding hydrogens is 262 g/mol. The van der Waals surface area contributed by atoms with Crippen molar-refractivity contribution in [1.82, 2.24) is 4.90 Å². The van der Waals surface area contributed by atoms with E-state index in [4.69, 9.17) is 0 Å². The highest BCUT2D eigenvalue weighted by molar-refractivity contribution is 5.82. The zero-order valence-electron chi connectivity index (χ0n) is 12.7. The number of rotatable bonds is 5. The normalized spacial score (nSPS) is 21.7. The Morgan fingerprint density at radius 1 is 1.05 bits per heavy atom. The zero-order chi connectivity index (χ0) is 14.7. The van der Waals surface area contributed by atoms with Crippen LogP contribution in [0.2, 0.25) is 0 Å². The minimum Gasteiger partial charge on any atom is -0.481 e. The van der Waals surface area contributed by atoms with Crippen LogP contribution in [0, 0.1) is 0 Å². The molecular formula is C18H25NO2. The fraction of sp³-hybridized carbons (Fsp3) is 0.611. The summed E-state index contributed by atoms with van der Waals surface area (Å²) in [5.41, 5.74) is 1.72. The van der Waals surface area contributed by atoms with Gasteiger partial charge < -0.3 is 10.0 Å². The van der Waals surface area contributed by atoms with Crippen molar-refractivity contribution in [2.24, 2.45) is 0 Å². The Morgan fingerprint density at radius 3 is 2.24 bits per heavy atom. The molecule has 1 saturated heterocycles. The number of hydrogen-bond acceptors (Lipinski definition) is 2. The van der Waals surface area contributed by atoms with Crippen molar-refractivity contribution in [3.8, 4) is 0 Å². The molecule has 0 unspecified atom stereocenters. The summed E-state index contributed by atoms with van der Waals surface area (Å²) in [4.78, 5) is 14.1. The Morgan fingerprint density at radius 2 is 1.71 bits per heavy atom. The van der Waals surface area contributed by atoms with Gasteiger partial charge in [-0.3, -0.25) is 4.79 Å². The molecule has 1 aliphatic carbocycles. The lowest BCUT2D eigenvalue weighted by atomic mass is 9.64. The lowest BCUT2D eigenvalue weighted by molar-refractivity contribution is -0.147. The van der Waals surface area contributed by atoms with Gasteiger partial charge in [0, 0.05) is 6.54 Å². The lowest BCUT2D eigenvalue weighted by Crippen LogP contribution is -2.42. The van der Waals surface area contributed by atoms with Gasteiger partial charge in [0.25, 0.3) is 0 Å². The number of carbonyl (C=O) groups is 1. The smallest absolute Gasteiger partial charge is 0.314 e. The number of likely N-dealkylation sites (tertiary alicyclic amines) is 1. The third kappa shape index (κ3) is 2.98. The first-order valence-electron chi connectivity index (χ1n) is 8.26. The van der Waals surface area contributed by atoms with Crippen LogP contribution in [0.4, 0.5) is 0 Å². The molecule has 21 heavy (non-hydrogen) atoms. The maximum absolute atomic E-state index is 11.5. The van der Waals surface area contributed by atoms with Gasteiger partial charge in [-0.05, 0) is 56.3 Å². The standard InChI is InChI=1S/C18H25NO2/c20-17(21)18(10-4-11-18)16-7-5-15(6-8-16)9-14-19-12-2-1-3-13-19/h5-8H,1-4,9-14H2,(H,20,21). The van der Waals surface area contributed by atoms with Crippen molar-refractivity contribution in [3.05, 3.63) is 35.4 Å². The zero-order valence-corrected chi connectivity index (χ0v) is 12.7. The molecule has 0 aromatic heterocycles. The van der Waals surface area contributed by atoms with Gasteiger partial charge in [-0.15, -0.1) is 0 Å². The first-order chi connectivity index (χ1) is 10.2. The van der Waals surface area contributed by atoms with Gasteiger partial charge in [-0.25, -0.2) is 0 Å². The second kappa shape index (κ2) is 6.18. The Hall–Kier alpha value is -1.35. The van der Waals surface area contributed by atoms with Crippen molar-refractivity contribution in [3.63, 3.8) is 0 Å². The molecule has 0 amide bonds. The Kier molecular flexibility index (Phi) is 4.29. The Balaban J connectivity index is 1.60. The van der Waals surface area contributed by atoms with Crippen LogP contribution in [0.15, 0.2) is 24.3 Å². The number of carboxylic acid groups (broad SMARTS) is 1. The Bertz CT molecular complexity index is 484. The van der Waals surface area contributed by atoms with E-state index in [0.29, 0.717) is 0 Å². The largest absolute Gasteiger partial charge is 0.481 e. The molecule has 1 aromatic carbocycles. The van der Waals surface area contributed by atoms with E-state index in [1.807, 2.05) is 12.1 Å². The van der Waals surface area contributed by atoms with Crippen LogP contribution in [-0.4, -0.2) is 35.6 Å². The number of carboxylic acids is 1. The van der Waals surface area contributed by atoms with Crippen LogP contribution in [-0.2, 0) is 16.6 Å². The molecule has 114 valence electrons. The molecule has 3 nitrogen and oxygen atoms in total. The summed E-state index contributed by atoms with van der Waals surface area (Å²) < 4.78 is 0. The summed E-state index contributed by atoms with van der Waals surface area (Å²) in [6, 6.07) is 8.34.